The van der Waals surface area contributed by atoms with E-state index in [-0.39, 0.29) is 19.1 Å². The van der Waals surface area contributed by atoms with E-state index in [0.29, 0.717) is 30.4 Å². The van der Waals surface area contributed by atoms with Gasteiger partial charge in [-0.1, -0.05) is 18.2 Å². The van der Waals surface area contributed by atoms with Crippen LogP contribution in [0.2, 0.25) is 0 Å². The van der Waals surface area contributed by atoms with Crippen molar-refractivity contribution < 1.29 is 18.7 Å². The molecule has 0 aliphatic carbocycles. The number of aryl methyl sites for hydroxylation is 2. The van der Waals surface area contributed by atoms with Crippen LogP contribution in [0, 0.1) is 13.8 Å². The van der Waals surface area contributed by atoms with Gasteiger partial charge < -0.3 is 18.8 Å². The number of rotatable bonds is 3. The van der Waals surface area contributed by atoms with Crippen LogP contribution in [-0.4, -0.2) is 29.1 Å². The van der Waals surface area contributed by atoms with E-state index in [0.717, 1.165) is 34.6 Å². The quantitative estimate of drug-likeness (QED) is 0.680. The van der Waals surface area contributed by atoms with E-state index in [4.69, 9.17) is 13.9 Å². The highest BCUT2D eigenvalue weighted by molar-refractivity contribution is 5.79. The highest BCUT2D eigenvalue weighted by atomic mass is 16.7. The number of ether oxygens (including phenoxy) is 2. The van der Waals surface area contributed by atoms with Gasteiger partial charge in [-0.05, 0) is 55.2 Å². The Labute approximate surface area is 169 Å². The van der Waals surface area contributed by atoms with Crippen LogP contribution in [0.5, 0.6) is 11.5 Å². The van der Waals surface area contributed by atoms with Crippen molar-refractivity contribution in [3.63, 3.8) is 0 Å². The van der Waals surface area contributed by atoms with Crippen LogP contribution >= 0.6 is 0 Å². The summed E-state index contributed by atoms with van der Waals surface area (Å²) in [7, 11) is 0. The Kier molecular flexibility index (Phi) is 4.27. The zero-order valence-electron chi connectivity index (χ0n) is 16.5. The minimum Gasteiger partial charge on any atom is -0.454 e. The Morgan fingerprint density at radius 2 is 1.86 bits per heavy atom. The Balaban J connectivity index is 1.33. The zero-order valence-corrected chi connectivity index (χ0v) is 16.5. The fourth-order valence-corrected chi connectivity index (χ4v) is 3.93. The molecule has 29 heavy (non-hydrogen) atoms. The molecule has 0 atom stereocenters. The SMILES string of the molecule is Cc1ccccc1-c1nc(CC(=O)N2CCc3cc4c(cc3C2)OCO4)c(C)o1. The summed E-state index contributed by atoms with van der Waals surface area (Å²) in [5, 5.41) is 0. The molecule has 6 nitrogen and oxygen atoms in total. The molecular weight excluding hydrogens is 368 g/mol. The van der Waals surface area contributed by atoms with Crippen molar-refractivity contribution in [2.45, 2.75) is 33.2 Å². The lowest BCUT2D eigenvalue weighted by Crippen LogP contribution is -2.37. The van der Waals surface area contributed by atoms with Gasteiger partial charge in [-0.15, -0.1) is 0 Å². The number of carbonyl (C=O) groups is 1. The smallest absolute Gasteiger partial charge is 0.231 e. The normalized spacial score (nSPS) is 14.8. The number of carbonyl (C=O) groups excluding carboxylic acids is 1. The first kappa shape index (κ1) is 17.8. The number of aromatic nitrogens is 1. The van der Waals surface area contributed by atoms with Gasteiger partial charge in [0.1, 0.15) is 5.76 Å². The number of fused-ring (bicyclic) bond motifs is 2. The summed E-state index contributed by atoms with van der Waals surface area (Å²) in [5.41, 5.74) is 5.09. The third-order valence-electron chi connectivity index (χ3n) is 5.65. The Morgan fingerprint density at radius 1 is 1.10 bits per heavy atom. The molecule has 2 aromatic carbocycles. The van der Waals surface area contributed by atoms with Crippen LogP contribution < -0.4 is 9.47 Å². The van der Waals surface area contributed by atoms with Crippen molar-refractivity contribution in [1.29, 1.82) is 0 Å². The van der Waals surface area contributed by atoms with Crippen molar-refractivity contribution in [2.24, 2.45) is 0 Å². The summed E-state index contributed by atoms with van der Waals surface area (Å²) < 4.78 is 16.8. The monoisotopic (exact) mass is 390 g/mol. The molecule has 2 aliphatic rings. The molecule has 3 aromatic rings. The molecule has 0 spiro atoms. The van der Waals surface area contributed by atoms with Crippen LogP contribution in [0.3, 0.4) is 0 Å². The Hall–Kier alpha value is -3.28. The summed E-state index contributed by atoms with van der Waals surface area (Å²) in [4.78, 5) is 19.5. The lowest BCUT2D eigenvalue weighted by molar-refractivity contribution is -0.131. The number of oxazole rings is 1. The summed E-state index contributed by atoms with van der Waals surface area (Å²) in [6.07, 6.45) is 1.05. The van der Waals surface area contributed by atoms with Gasteiger partial charge in [-0.3, -0.25) is 4.79 Å². The van der Waals surface area contributed by atoms with E-state index >= 15 is 0 Å². The standard InChI is InChI=1S/C23H22N2O4/c1-14-5-3-4-6-18(14)23-24-19(15(2)29-23)11-22(26)25-8-7-16-9-20-21(28-13-27-20)10-17(16)12-25/h3-6,9-10H,7-8,11-13H2,1-2H3. The molecule has 0 saturated carbocycles. The molecule has 5 rings (SSSR count). The van der Waals surface area contributed by atoms with E-state index in [1.54, 1.807) is 0 Å². The number of amides is 1. The minimum atomic E-state index is 0.0565. The summed E-state index contributed by atoms with van der Waals surface area (Å²) in [6.45, 7) is 5.41. The van der Waals surface area contributed by atoms with Crippen molar-refractivity contribution in [1.82, 2.24) is 9.88 Å². The molecule has 1 aromatic heterocycles. The lowest BCUT2D eigenvalue weighted by atomic mass is 9.98. The average molecular weight is 390 g/mol. The highest BCUT2D eigenvalue weighted by Gasteiger charge is 2.26. The maximum absolute atomic E-state index is 13.0. The van der Waals surface area contributed by atoms with Gasteiger partial charge in [-0.2, -0.15) is 0 Å². The Bertz CT molecular complexity index is 1100. The second kappa shape index (κ2) is 6.95. The van der Waals surface area contributed by atoms with Crippen molar-refractivity contribution >= 4 is 5.91 Å². The number of hydrogen-bond acceptors (Lipinski definition) is 5. The lowest BCUT2D eigenvalue weighted by Gasteiger charge is -2.29. The number of nitrogens with zero attached hydrogens (tertiary/aromatic N) is 2. The molecule has 0 radical (unpaired) electrons. The molecular formula is C23H22N2O4. The van der Waals surface area contributed by atoms with Gasteiger partial charge in [0.15, 0.2) is 11.5 Å². The molecule has 6 heteroatoms. The van der Waals surface area contributed by atoms with E-state index < -0.39 is 0 Å². The van der Waals surface area contributed by atoms with E-state index in [9.17, 15) is 4.79 Å². The molecule has 3 heterocycles. The van der Waals surface area contributed by atoms with Crippen LogP contribution in [0.4, 0.5) is 0 Å². The fourth-order valence-electron chi connectivity index (χ4n) is 3.93. The predicted octanol–water partition coefficient (Wildman–Crippen LogP) is 3.81. The van der Waals surface area contributed by atoms with E-state index in [1.165, 1.54) is 5.56 Å². The Morgan fingerprint density at radius 3 is 2.66 bits per heavy atom. The minimum absolute atomic E-state index is 0.0565. The highest BCUT2D eigenvalue weighted by Crippen LogP contribution is 2.37. The summed E-state index contributed by atoms with van der Waals surface area (Å²) in [6, 6.07) is 12.0. The first-order chi connectivity index (χ1) is 14.1. The van der Waals surface area contributed by atoms with E-state index in [2.05, 4.69) is 4.98 Å². The van der Waals surface area contributed by atoms with Gasteiger partial charge in [0, 0.05) is 18.7 Å². The second-order valence-corrected chi connectivity index (χ2v) is 7.55. The summed E-state index contributed by atoms with van der Waals surface area (Å²) >= 11 is 0. The van der Waals surface area contributed by atoms with Crippen molar-refractivity contribution in [2.75, 3.05) is 13.3 Å². The van der Waals surface area contributed by atoms with Gasteiger partial charge in [0.2, 0.25) is 18.6 Å². The predicted molar refractivity (Wildman–Crippen MR) is 107 cm³/mol. The van der Waals surface area contributed by atoms with Crippen molar-refractivity contribution in [3.8, 4) is 23.0 Å². The second-order valence-electron chi connectivity index (χ2n) is 7.55. The average Bonchev–Trinajstić information content (AvgIpc) is 3.32. The maximum Gasteiger partial charge on any atom is 0.231 e. The van der Waals surface area contributed by atoms with E-state index in [1.807, 2.05) is 55.1 Å². The molecule has 1 amide bonds. The largest absolute Gasteiger partial charge is 0.454 e. The van der Waals surface area contributed by atoms with Gasteiger partial charge in [0.25, 0.3) is 0 Å². The van der Waals surface area contributed by atoms with Crippen LogP contribution in [0.1, 0.15) is 28.1 Å². The number of hydrogen-bond donors (Lipinski definition) is 0. The molecule has 0 unspecified atom stereocenters. The molecule has 0 N–H and O–H groups in total. The molecule has 0 bridgehead atoms. The third-order valence-corrected chi connectivity index (χ3v) is 5.65. The number of benzene rings is 2. The molecule has 0 fully saturated rings. The third kappa shape index (κ3) is 3.24. The summed E-state index contributed by atoms with van der Waals surface area (Å²) in [5.74, 6) is 2.87. The topological polar surface area (TPSA) is 64.8 Å². The zero-order chi connectivity index (χ0) is 20.0. The van der Waals surface area contributed by atoms with Crippen LogP contribution in [0.25, 0.3) is 11.5 Å². The first-order valence-electron chi connectivity index (χ1n) is 9.80. The van der Waals surface area contributed by atoms with Gasteiger partial charge in [-0.25, -0.2) is 4.98 Å². The van der Waals surface area contributed by atoms with Gasteiger partial charge >= 0.3 is 0 Å². The maximum atomic E-state index is 13.0. The van der Waals surface area contributed by atoms with Crippen LogP contribution in [-0.2, 0) is 24.2 Å². The molecule has 0 saturated heterocycles. The molecule has 148 valence electrons. The van der Waals surface area contributed by atoms with Crippen molar-refractivity contribution in [3.05, 3.63) is 64.5 Å². The molecule has 2 aliphatic heterocycles. The van der Waals surface area contributed by atoms with Gasteiger partial charge in [0.05, 0.1) is 12.1 Å². The van der Waals surface area contributed by atoms with Crippen LogP contribution in [0.15, 0.2) is 40.8 Å². The fraction of sp³-hybridized carbons (Fsp3) is 0.304. The first-order valence-corrected chi connectivity index (χ1v) is 9.80.